The van der Waals surface area contributed by atoms with Gasteiger partial charge in [-0.3, -0.25) is 0 Å². The number of amides is 2. The van der Waals surface area contributed by atoms with Crippen LogP contribution in [0.3, 0.4) is 0 Å². The molecular formula is C18H19N5O2. The van der Waals surface area contributed by atoms with Crippen molar-refractivity contribution in [2.45, 2.75) is 13.3 Å². The van der Waals surface area contributed by atoms with Gasteiger partial charge in [-0.2, -0.15) is 0 Å². The monoisotopic (exact) mass is 337 g/mol. The Morgan fingerprint density at radius 1 is 1.12 bits per heavy atom. The molecule has 1 aromatic heterocycles. The number of urea groups is 1. The molecule has 128 valence electrons. The molecule has 0 saturated carbocycles. The zero-order valence-corrected chi connectivity index (χ0v) is 13.8. The van der Waals surface area contributed by atoms with Crippen molar-refractivity contribution >= 4 is 17.4 Å². The van der Waals surface area contributed by atoms with E-state index < -0.39 is 0 Å². The lowest BCUT2D eigenvalue weighted by molar-refractivity contribution is 0.262. The highest BCUT2D eigenvalue weighted by molar-refractivity contribution is 6.00. The lowest BCUT2D eigenvalue weighted by Crippen LogP contribution is -2.19. The Morgan fingerprint density at radius 3 is 2.60 bits per heavy atom. The summed E-state index contributed by atoms with van der Waals surface area (Å²) in [7, 11) is 0. The zero-order chi connectivity index (χ0) is 17.6. The van der Waals surface area contributed by atoms with Crippen molar-refractivity contribution in [1.29, 1.82) is 0 Å². The number of hydrogen-bond acceptors (Lipinski definition) is 4. The number of nitrogens with one attached hydrogen (secondary N) is 2. The maximum absolute atomic E-state index is 12.1. The lowest BCUT2D eigenvalue weighted by Gasteiger charge is -2.10. The summed E-state index contributed by atoms with van der Waals surface area (Å²) in [5.41, 5.74) is 3.99. The van der Waals surface area contributed by atoms with Crippen molar-refractivity contribution in [3.63, 3.8) is 0 Å². The highest BCUT2D eigenvalue weighted by atomic mass is 16.3. The van der Waals surface area contributed by atoms with Crippen molar-refractivity contribution < 1.29 is 9.90 Å². The molecule has 0 saturated heterocycles. The summed E-state index contributed by atoms with van der Waals surface area (Å²) in [6, 6.07) is 14.5. The van der Waals surface area contributed by atoms with Gasteiger partial charge in [0, 0.05) is 24.4 Å². The maximum Gasteiger partial charge on any atom is 0.323 e. The van der Waals surface area contributed by atoms with Crippen LogP contribution < -0.4 is 10.6 Å². The molecule has 25 heavy (non-hydrogen) atoms. The number of anilines is 2. The first-order valence-electron chi connectivity index (χ1n) is 7.92. The van der Waals surface area contributed by atoms with E-state index in [-0.39, 0.29) is 12.6 Å². The average molecular weight is 337 g/mol. The van der Waals surface area contributed by atoms with E-state index in [4.69, 9.17) is 5.11 Å². The predicted molar refractivity (Wildman–Crippen MR) is 96.0 cm³/mol. The lowest BCUT2D eigenvalue weighted by atomic mass is 10.2. The molecule has 0 atom stereocenters. The van der Waals surface area contributed by atoms with Gasteiger partial charge in [0.25, 0.3) is 0 Å². The topological polar surface area (TPSA) is 92.1 Å². The summed E-state index contributed by atoms with van der Waals surface area (Å²) in [5.74, 6) is 0. The molecule has 3 N–H and O–H groups in total. The minimum Gasteiger partial charge on any atom is -0.396 e. The standard InChI is InChI=1S/C18H19N5O2/c1-13-4-2-3-5-17(13)20-18(25)19-14-6-8-16(9-7-14)23-12-15(10-11-24)21-22-23/h2-9,12,24H,10-11H2,1H3,(H2,19,20,25). The van der Waals surface area contributed by atoms with Gasteiger partial charge in [-0.05, 0) is 42.8 Å². The van der Waals surface area contributed by atoms with Gasteiger partial charge in [0.05, 0.1) is 17.6 Å². The zero-order valence-electron chi connectivity index (χ0n) is 13.8. The molecule has 0 aliphatic rings. The van der Waals surface area contributed by atoms with Crippen LogP contribution in [0.2, 0.25) is 0 Å². The van der Waals surface area contributed by atoms with Crippen LogP contribution in [0.4, 0.5) is 16.2 Å². The van der Waals surface area contributed by atoms with Gasteiger partial charge >= 0.3 is 6.03 Å². The van der Waals surface area contributed by atoms with Crippen molar-refractivity contribution in [3.8, 4) is 5.69 Å². The first-order valence-corrected chi connectivity index (χ1v) is 7.92. The molecule has 2 amide bonds. The molecule has 0 aliphatic heterocycles. The molecule has 3 aromatic rings. The van der Waals surface area contributed by atoms with Crippen molar-refractivity contribution in [2.75, 3.05) is 17.2 Å². The number of carbonyl (C=O) groups excluding carboxylic acids is 1. The van der Waals surface area contributed by atoms with Crippen molar-refractivity contribution in [2.24, 2.45) is 0 Å². The summed E-state index contributed by atoms with van der Waals surface area (Å²) in [6.07, 6.45) is 2.24. The van der Waals surface area contributed by atoms with E-state index in [1.165, 1.54) is 0 Å². The Bertz CT molecular complexity index is 858. The smallest absolute Gasteiger partial charge is 0.323 e. The number of benzene rings is 2. The fraction of sp³-hybridized carbons (Fsp3) is 0.167. The van der Waals surface area contributed by atoms with Crippen LogP contribution in [0.25, 0.3) is 5.69 Å². The van der Waals surface area contributed by atoms with Crippen LogP contribution >= 0.6 is 0 Å². The number of carbonyl (C=O) groups is 1. The van der Waals surface area contributed by atoms with Crippen molar-refractivity contribution in [3.05, 3.63) is 66.0 Å². The summed E-state index contributed by atoms with van der Waals surface area (Å²) >= 11 is 0. The van der Waals surface area contributed by atoms with E-state index in [0.29, 0.717) is 12.1 Å². The second-order valence-corrected chi connectivity index (χ2v) is 5.57. The van der Waals surface area contributed by atoms with Gasteiger partial charge in [0.15, 0.2) is 0 Å². The summed E-state index contributed by atoms with van der Waals surface area (Å²) < 4.78 is 1.63. The molecule has 0 bridgehead atoms. The van der Waals surface area contributed by atoms with Gasteiger partial charge in [-0.1, -0.05) is 23.4 Å². The highest BCUT2D eigenvalue weighted by Gasteiger charge is 2.06. The molecule has 0 aliphatic carbocycles. The summed E-state index contributed by atoms with van der Waals surface area (Å²) in [4.78, 5) is 12.1. The van der Waals surface area contributed by atoms with Crippen LogP contribution in [-0.4, -0.2) is 32.7 Å². The van der Waals surface area contributed by atoms with Crippen LogP contribution in [0.1, 0.15) is 11.3 Å². The second-order valence-electron chi connectivity index (χ2n) is 5.57. The minimum absolute atomic E-state index is 0.0392. The third kappa shape index (κ3) is 4.21. The fourth-order valence-electron chi connectivity index (χ4n) is 2.35. The van der Waals surface area contributed by atoms with E-state index in [0.717, 1.165) is 22.6 Å². The van der Waals surface area contributed by atoms with Crippen molar-refractivity contribution in [1.82, 2.24) is 15.0 Å². The van der Waals surface area contributed by atoms with Crippen LogP contribution in [0.5, 0.6) is 0 Å². The molecule has 0 unspecified atom stereocenters. The Morgan fingerprint density at radius 2 is 1.88 bits per heavy atom. The van der Waals surface area contributed by atoms with Gasteiger partial charge in [-0.15, -0.1) is 5.10 Å². The quantitative estimate of drug-likeness (QED) is 0.667. The average Bonchev–Trinajstić information content (AvgIpc) is 3.07. The van der Waals surface area contributed by atoms with Gasteiger partial charge < -0.3 is 15.7 Å². The SMILES string of the molecule is Cc1ccccc1NC(=O)Nc1ccc(-n2cc(CCO)nn2)cc1. The molecular weight excluding hydrogens is 318 g/mol. The fourth-order valence-corrected chi connectivity index (χ4v) is 2.35. The van der Waals surface area contributed by atoms with E-state index in [9.17, 15) is 4.79 Å². The highest BCUT2D eigenvalue weighted by Crippen LogP contribution is 2.16. The van der Waals surface area contributed by atoms with E-state index in [2.05, 4.69) is 20.9 Å². The number of aromatic nitrogens is 3. The molecule has 2 aromatic carbocycles. The van der Waals surface area contributed by atoms with Crippen LogP contribution in [0, 0.1) is 6.92 Å². The number of aliphatic hydroxyl groups is 1. The van der Waals surface area contributed by atoms with Crippen LogP contribution in [0.15, 0.2) is 54.7 Å². The molecule has 0 spiro atoms. The molecule has 3 rings (SSSR count). The number of hydrogen-bond donors (Lipinski definition) is 3. The van der Waals surface area contributed by atoms with Gasteiger partial charge in [-0.25, -0.2) is 9.48 Å². The number of aliphatic hydroxyl groups excluding tert-OH is 1. The Hall–Kier alpha value is -3.19. The van der Waals surface area contributed by atoms with E-state index >= 15 is 0 Å². The summed E-state index contributed by atoms with van der Waals surface area (Å²) in [6.45, 7) is 1.98. The minimum atomic E-state index is -0.298. The molecule has 7 nitrogen and oxygen atoms in total. The largest absolute Gasteiger partial charge is 0.396 e. The van der Waals surface area contributed by atoms with E-state index in [1.807, 2.05) is 43.3 Å². The number of para-hydroxylation sites is 1. The third-order valence-electron chi connectivity index (χ3n) is 3.69. The van der Waals surface area contributed by atoms with Crippen LogP contribution in [-0.2, 0) is 6.42 Å². The molecule has 0 fully saturated rings. The maximum atomic E-state index is 12.1. The normalized spacial score (nSPS) is 10.5. The first-order chi connectivity index (χ1) is 12.2. The second kappa shape index (κ2) is 7.59. The van der Waals surface area contributed by atoms with Gasteiger partial charge in [0.2, 0.25) is 0 Å². The predicted octanol–water partition coefficient (Wildman–Crippen LogP) is 2.75. The first kappa shape index (κ1) is 16.7. The third-order valence-corrected chi connectivity index (χ3v) is 3.69. The Balaban J connectivity index is 1.64. The number of nitrogens with zero attached hydrogens (tertiary/aromatic N) is 3. The molecule has 0 radical (unpaired) electrons. The Labute approximate surface area is 145 Å². The van der Waals surface area contributed by atoms with Gasteiger partial charge in [0.1, 0.15) is 0 Å². The number of aryl methyl sites for hydroxylation is 1. The molecule has 1 heterocycles. The number of rotatable bonds is 5. The Kier molecular flexibility index (Phi) is 5.06. The van der Waals surface area contributed by atoms with E-state index in [1.54, 1.807) is 23.0 Å². The molecule has 7 heteroatoms. The summed E-state index contributed by atoms with van der Waals surface area (Å²) in [5, 5.41) is 22.5.